The molecule has 2 N–H and O–H groups in total. The molecule has 0 radical (unpaired) electrons. The first-order valence-corrected chi connectivity index (χ1v) is 11.4. The summed E-state index contributed by atoms with van der Waals surface area (Å²) in [6, 6.07) is 14.6. The first-order chi connectivity index (χ1) is 15.2. The summed E-state index contributed by atoms with van der Waals surface area (Å²) in [5, 5.41) is 3.05. The molecule has 0 unspecified atom stereocenters. The molecule has 168 valence electrons. The average Bonchev–Trinajstić information content (AvgIpc) is 2.76. The number of methoxy groups -OCH3 is 2. The molecule has 0 saturated carbocycles. The topological polar surface area (TPSA) is 93.7 Å². The number of carbonyl (C=O) groups is 1. The number of benzene rings is 3. The van der Waals surface area contributed by atoms with Crippen LogP contribution < -0.4 is 19.5 Å². The molecule has 1 amide bonds. The van der Waals surface area contributed by atoms with Crippen molar-refractivity contribution in [1.29, 1.82) is 0 Å². The van der Waals surface area contributed by atoms with Crippen molar-refractivity contribution in [2.75, 3.05) is 24.3 Å². The van der Waals surface area contributed by atoms with Gasteiger partial charge in [0.25, 0.3) is 15.9 Å². The van der Waals surface area contributed by atoms with Crippen LogP contribution >= 0.6 is 11.6 Å². The van der Waals surface area contributed by atoms with E-state index in [0.717, 1.165) is 5.56 Å². The van der Waals surface area contributed by atoms with Crippen molar-refractivity contribution in [3.63, 3.8) is 0 Å². The highest BCUT2D eigenvalue weighted by Gasteiger charge is 2.21. The normalized spacial score (nSPS) is 11.0. The standard InChI is InChI=1S/C23H23ClN2O5S/c1-14-7-5-6-8-18(14)26-32(28,29)22-11-16(10-9-15(22)2)23(27)25-19-13-20(30-3)17(24)12-21(19)31-4/h5-13,26H,1-4H3,(H,25,27). The number of aryl methyl sites for hydroxylation is 2. The highest BCUT2D eigenvalue weighted by Crippen LogP contribution is 2.36. The molecular weight excluding hydrogens is 452 g/mol. The maximum Gasteiger partial charge on any atom is 0.262 e. The van der Waals surface area contributed by atoms with Gasteiger partial charge in [-0.15, -0.1) is 0 Å². The molecule has 9 heteroatoms. The van der Waals surface area contributed by atoms with E-state index in [1.165, 1.54) is 32.4 Å². The lowest BCUT2D eigenvalue weighted by molar-refractivity contribution is 0.102. The van der Waals surface area contributed by atoms with Gasteiger partial charge in [-0.25, -0.2) is 8.42 Å². The molecule has 3 aromatic carbocycles. The summed E-state index contributed by atoms with van der Waals surface area (Å²) in [4.78, 5) is 12.9. The molecule has 0 bridgehead atoms. The Balaban J connectivity index is 1.93. The fraction of sp³-hybridized carbons (Fsp3) is 0.174. The first-order valence-electron chi connectivity index (χ1n) is 9.58. The number of amides is 1. The van der Waals surface area contributed by atoms with Crippen LogP contribution in [0, 0.1) is 13.8 Å². The van der Waals surface area contributed by atoms with E-state index in [-0.39, 0.29) is 10.5 Å². The Kier molecular flexibility index (Phi) is 6.96. The number of halogens is 1. The molecule has 0 atom stereocenters. The van der Waals surface area contributed by atoms with Crippen LogP contribution in [0.15, 0.2) is 59.5 Å². The van der Waals surface area contributed by atoms with Crippen LogP contribution in [0.1, 0.15) is 21.5 Å². The van der Waals surface area contributed by atoms with Crippen LogP contribution in [0.2, 0.25) is 5.02 Å². The van der Waals surface area contributed by atoms with Crippen molar-refractivity contribution in [1.82, 2.24) is 0 Å². The Morgan fingerprint density at radius 3 is 2.22 bits per heavy atom. The molecule has 32 heavy (non-hydrogen) atoms. The van der Waals surface area contributed by atoms with E-state index in [1.54, 1.807) is 31.2 Å². The summed E-state index contributed by atoms with van der Waals surface area (Å²) in [6.07, 6.45) is 0. The second-order valence-electron chi connectivity index (χ2n) is 7.04. The zero-order valence-corrected chi connectivity index (χ0v) is 19.6. The highest BCUT2D eigenvalue weighted by molar-refractivity contribution is 7.92. The molecule has 0 spiro atoms. The number of sulfonamides is 1. The predicted molar refractivity (Wildman–Crippen MR) is 126 cm³/mol. The van der Waals surface area contributed by atoms with Crippen molar-refractivity contribution in [2.24, 2.45) is 0 Å². The molecular formula is C23H23ClN2O5S. The van der Waals surface area contributed by atoms with Gasteiger partial charge >= 0.3 is 0 Å². The van der Waals surface area contributed by atoms with Gasteiger partial charge in [0.15, 0.2) is 0 Å². The van der Waals surface area contributed by atoms with Crippen LogP contribution in [0.25, 0.3) is 0 Å². The van der Waals surface area contributed by atoms with Crippen molar-refractivity contribution in [3.05, 3.63) is 76.3 Å². The average molecular weight is 475 g/mol. The van der Waals surface area contributed by atoms with Crippen LogP contribution in [0.5, 0.6) is 11.5 Å². The fourth-order valence-corrected chi connectivity index (χ4v) is 4.70. The molecule has 3 aromatic rings. The number of nitrogens with one attached hydrogen (secondary N) is 2. The van der Waals surface area contributed by atoms with Crippen molar-refractivity contribution in [3.8, 4) is 11.5 Å². The van der Waals surface area contributed by atoms with E-state index < -0.39 is 15.9 Å². The van der Waals surface area contributed by atoms with Gasteiger partial charge in [-0.2, -0.15) is 0 Å². The molecule has 0 aliphatic carbocycles. The zero-order chi connectivity index (χ0) is 23.5. The second kappa shape index (κ2) is 9.50. The molecule has 3 rings (SSSR count). The van der Waals surface area contributed by atoms with E-state index in [1.807, 2.05) is 19.1 Å². The number of anilines is 2. The minimum Gasteiger partial charge on any atom is -0.495 e. The summed E-state index contributed by atoms with van der Waals surface area (Å²) < 4.78 is 39.1. The largest absolute Gasteiger partial charge is 0.495 e. The molecule has 7 nitrogen and oxygen atoms in total. The van der Waals surface area contributed by atoms with E-state index in [4.69, 9.17) is 21.1 Å². The van der Waals surface area contributed by atoms with Crippen molar-refractivity contribution in [2.45, 2.75) is 18.7 Å². The predicted octanol–water partition coefficient (Wildman–Crippen LogP) is 5.03. The third-order valence-electron chi connectivity index (χ3n) is 4.85. The van der Waals surface area contributed by atoms with Gasteiger partial charge in [0, 0.05) is 17.7 Å². The molecule has 0 aliphatic heterocycles. The van der Waals surface area contributed by atoms with Gasteiger partial charge in [0.1, 0.15) is 11.5 Å². The fourth-order valence-electron chi connectivity index (χ4n) is 3.07. The quantitative estimate of drug-likeness (QED) is 0.501. The first kappa shape index (κ1) is 23.4. The lowest BCUT2D eigenvalue weighted by Crippen LogP contribution is -2.17. The van der Waals surface area contributed by atoms with Crippen LogP contribution in [-0.4, -0.2) is 28.5 Å². The van der Waals surface area contributed by atoms with Gasteiger partial charge in [0.05, 0.1) is 35.5 Å². The molecule has 0 heterocycles. The van der Waals surface area contributed by atoms with Gasteiger partial charge in [-0.1, -0.05) is 35.9 Å². The smallest absolute Gasteiger partial charge is 0.262 e. The Hall–Kier alpha value is -3.23. The van der Waals surface area contributed by atoms with Crippen molar-refractivity contribution >= 4 is 38.9 Å². The zero-order valence-electron chi connectivity index (χ0n) is 18.0. The summed E-state index contributed by atoms with van der Waals surface area (Å²) in [5.74, 6) is 0.183. The summed E-state index contributed by atoms with van der Waals surface area (Å²) in [6.45, 7) is 3.48. The maximum absolute atomic E-state index is 13.0. The van der Waals surface area contributed by atoms with E-state index in [2.05, 4.69) is 10.0 Å². The maximum atomic E-state index is 13.0. The van der Waals surface area contributed by atoms with Crippen LogP contribution in [-0.2, 0) is 10.0 Å². The molecule has 0 saturated heterocycles. The molecule has 0 aliphatic rings. The third kappa shape index (κ3) is 4.98. The van der Waals surface area contributed by atoms with E-state index in [0.29, 0.717) is 33.5 Å². The van der Waals surface area contributed by atoms with Gasteiger partial charge in [0.2, 0.25) is 0 Å². The third-order valence-corrected chi connectivity index (χ3v) is 6.65. The minimum absolute atomic E-state index is 0.00838. The number of para-hydroxylation sites is 1. The Morgan fingerprint density at radius 2 is 1.56 bits per heavy atom. The number of carbonyl (C=O) groups excluding carboxylic acids is 1. The number of ether oxygens (including phenoxy) is 2. The minimum atomic E-state index is -3.92. The SMILES string of the molecule is COc1cc(NC(=O)c2ccc(C)c(S(=O)(=O)Nc3ccccc3C)c2)c(OC)cc1Cl. The summed E-state index contributed by atoms with van der Waals surface area (Å²) in [5.41, 5.74) is 2.26. The number of hydrogen-bond donors (Lipinski definition) is 2. The summed E-state index contributed by atoms with van der Waals surface area (Å²) in [7, 11) is -1.01. The van der Waals surface area contributed by atoms with Crippen LogP contribution in [0.4, 0.5) is 11.4 Å². The monoisotopic (exact) mass is 474 g/mol. The number of hydrogen-bond acceptors (Lipinski definition) is 5. The van der Waals surface area contributed by atoms with Crippen LogP contribution in [0.3, 0.4) is 0 Å². The lowest BCUT2D eigenvalue weighted by atomic mass is 10.1. The highest BCUT2D eigenvalue weighted by atomic mass is 35.5. The Morgan fingerprint density at radius 1 is 0.875 bits per heavy atom. The second-order valence-corrected chi connectivity index (χ2v) is 9.10. The molecule has 0 aromatic heterocycles. The van der Waals surface area contributed by atoms with Gasteiger partial charge in [-0.05, 0) is 43.2 Å². The lowest BCUT2D eigenvalue weighted by Gasteiger charge is -2.15. The van der Waals surface area contributed by atoms with Gasteiger partial charge < -0.3 is 14.8 Å². The van der Waals surface area contributed by atoms with E-state index in [9.17, 15) is 13.2 Å². The van der Waals surface area contributed by atoms with Gasteiger partial charge in [-0.3, -0.25) is 9.52 Å². The Labute approximate surface area is 192 Å². The summed E-state index contributed by atoms with van der Waals surface area (Å²) >= 11 is 6.11. The Bertz CT molecular complexity index is 1280. The van der Waals surface area contributed by atoms with E-state index >= 15 is 0 Å². The number of rotatable bonds is 7. The van der Waals surface area contributed by atoms with Crippen molar-refractivity contribution < 1.29 is 22.7 Å². The molecule has 0 fully saturated rings.